The molecule has 1 amide bonds. The summed E-state index contributed by atoms with van der Waals surface area (Å²) in [5, 5.41) is 0.0917. The van der Waals surface area contributed by atoms with Crippen LogP contribution in [0.25, 0.3) is 0 Å². The van der Waals surface area contributed by atoms with Crippen LogP contribution >= 0.6 is 11.6 Å². The van der Waals surface area contributed by atoms with E-state index < -0.39 is 11.2 Å². The molecule has 0 saturated carbocycles. The zero-order valence-electron chi connectivity index (χ0n) is 8.47. The van der Waals surface area contributed by atoms with Crippen LogP contribution in [0.2, 0.25) is 0 Å². The summed E-state index contributed by atoms with van der Waals surface area (Å²) in [6.07, 6.45) is 3.27. The fraction of sp³-hybridized carbons (Fsp3) is 0.500. The minimum Gasteiger partial charge on any atom is -0.348 e. The van der Waals surface area contributed by atoms with Crippen molar-refractivity contribution in [1.29, 1.82) is 0 Å². The minimum absolute atomic E-state index is 0.0917. The van der Waals surface area contributed by atoms with Crippen molar-refractivity contribution in [2.45, 2.75) is 13.3 Å². The van der Waals surface area contributed by atoms with E-state index in [1.54, 1.807) is 21.0 Å². The van der Waals surface area contributed by atoms with Gasteiger partial charge in [0.1, 0.15) is 5.83 Å². The average molecular weight is 218 g/mol. The van der Waals surface area contributed by atoms with E-state index in [-0.39, 0.29) is 10.9 Å². The van der Waals surface area contributed by atoms with Crippen molar-refractivity contribution in [3.63, 3.8) is 0 Å². The largest absolute Gasteiger partial charge is 0.348 e. The molecule has 0 aliphatic heterocycles. The highest BCUT2D eigenvalue weighted by Crippen LogP contribution is 2.36. The van der Waals surface area contributed by atoms with Crippen LogP contribution in [0.3, 0.4) is 0 Å². The summed E-state index contributed by atoms with van der Waals surface area (Å²) >= 11 is 5.57. The molecule has 0 heterocycles. The molecule has 1 aliphatic carbocycles. The molecule has 1 aliphatic rings. The summed E-state index contributed by atoms with van der Waals surface area (Å²) in [7, 11) is 3.30. The van der Waals surface area contributed by atoms with E-state index in [1.807, 2.05) is 0 Å². The minimum atomic E-state index is -0.800. The quantitative estimate of drug-likeness (QED) is 0.661. The summed E-state index contributed by atoms with van der Waals surface area (Å²) in [6.45, 7) is 1.70. The smallest absolute Gasteiger partial charge is 0.232 e. The number of carbonyl (C=O) groups is 1. The Labute approximate surface area is 88.0 Å². The number of amides is 1. The van der Waals surface area contributed by atoms with E-state index in [1.165, 1.54) is 17.1 Å². The second-order valence-corrected chi connectivity index (χ2v) is 4.27. The lowest BCUT2D eigenvalue weighted by Crippen LogP contribution is -2.37. The number of halogens is 2. The van der Waals surface area contributed by atoms with Gasteiger partial charge in [0.15, 0.2) is 0 Å². The van der Waals surface area contributed by atoms with Gasteiger partial charge < -0.3 is 4.90 Å². The highest BCUT2D eigenvalue weighted by atomic mass is 35.5. The van der Waals surface area contributed by atoms with Crippen molar-refractivity contribution < 1.29 is 9.18 Å². The zero-order valence-corrected chi connectivity index (χ0v) is 9.23. The van der Waals surface area contributed by atoms with Gasteiger partial charge in [0.2, 0.25) is 5.91 Å². The first-order valence-corrected chi connectivity index (χ1v) is 4.71. The average Bonchev–Trinajstić information content (AvgIpc) is 2.11. The molecule has 0 fully saturated rings. The Hall–Kier alpha value is -0.830. The van der Waals surface area contributed by atoms with Gasteiger partial charge in [-0.2, -0.15) is 0 Å². The van der Waals surface area contributed by atoms with Crippen LogP contribution in [-0.2, 0) is 4.79 Å². The Morgan fingerprint density at radius 1 is 1.64 bits per heavy atom. The lowest BCUT2D eigenvalue weighted by Gasteiger charge is -2.29. The van der Waals surface area contributed by atoms with Gasteiger partial charge in [0, 0.05) is 14.1 Å². The standard InChI is InChI=1S/C10H13ClFNO/c1-10(9(14)13(2)3)5-4-7(11)8(12)6-10/h4,6H,5H2,1-3H3. The van der Waals surface area contributed by atoms with E-state index >= 15 is 0 Å². The van der Waals surface area contributed by atoms with Gasteiger partial charge in [0.25, 0.3) is 0 Å². The third kappa shape index (κ3) is 1.98. The summed E-state index contributed by atoms with van der Waals surface area (Å²) in [6, 6.07) is 0. The first-order chi connectivity index (χ1) is 6.37. The highest BCUT2D eigenvalue weighted by molar-refractivity contribution is 6.31. The van der Waals surface area contributed by atoms with Crippen molar-refractivity contribution in [2.75, 3.05) is 14.1 Å². The van der Waals surface area contributed by atoms with Crippen LogP contribution in [-0.4, -0.2) is 24.9 Å². The van der Waals surface area contributed by atoms with Gasteiger partial charge >= 0.3 is 0 Å². The molecule has 0 saturated heterocycles. The number of hydrogen-bond donors (Lipinski definition) is 0. The Kier molecular flexibility index (Phi) is 3.00. The predicted octanol–water partition coefficient (Wildman–Crippen LogP) is 2.46. The lowest BCUT2D eigenvalue weighted by atomic mass is 9.82. The van der Waals surface area contributed by atoms with Crippen LogP contribution in [0.1, 0.15) is 13.3 Å². The molecular weight excluding hydrogens is 205 g/mol. The fourth-order valence-corrected chi connectivity index (χ4v) is 1.60. The molecule has 0 aromatic rings. The monoisotopic (exact) mass is 217 g/mol. The molecular formula is C10H13ClFNO. The molecule has 4 heteroatoms. The second-order valence-electron chi connectivity index (χ2n) is 3.87. The third-order valence-electron chi connectivity index (χ3n) is 2.27. The van der Waals surface area contributed by atoms with Gasteiger partial charge in [-0.1, -0.05) is 17.7 Å². The molecule has 1 atom stereocenters. The first-order valence-electron chi connectivity index (χ1n) is 4.33. The van der Waals surface area contributed by atoms with E-state index in [2.05, 4.69) is 0 Å². The number of hydrogen-bond acceptors (Lipinski definition) is 1. The zero-order chi connectivity index (χ0) is 10.9. The van der Waals surface area contributed by atoms with E-state index in [0.717, 1.165) is 0 Å². The molecule has 0 bridgehead atoms. The number of carbonyl (C=O) groups excluding carboxylic acids is 1. The molecule has 0 spiro atoms. The molecule has 0 aromatic heterocycles. The third-order valence-corrected chi connectivity index (χ3v) is 2.61. The van der Waals surface area contributed by atoms with Crippen molar-refractivity contribution >= 4 is 17.5 Å². The van der Waals surface area contributed by atoms with Crippen LogP contribution in [0.5, 0.6) is 0 Å². The van der Waals surface area contributed by atoms with E-state index in [0.29, 0.717) is 6.42 Å². The van der Waals surface area contributed by atoms with Crippen molar-refractivity contribution in [2.24, 2.45) is 5.41 Å². The van der Waals surface area contributed by atoms with Gasteiger partial charge in [-0.3, -0.25) is 4.79 Å². The molecule has 0 radical (unpaired) electrons. The van der Waals surface area contributed by atoms with Gasteiger partial charge in [0.05, 0.1) is 10.4 Å². The maximum atomic E-state index is 13.2. The van der Waals surface area contributed by atoms with Crippen LogP contribution in [0, 0.1) is 5.41 Å². The van der Waals surface area contributed by atoms with Crippen molar-refractivity contribution in [3.8, 4) is 0 Å². The summed E-state index contributed by atoms with van der Waals surface area (Å²) in [5.41, 5.74) is -0.800. The molecule has 78 valence electrons. The lowest BCUT2D eigenvalue weighted by molar-refractivity contribution is -0.136. The Balaban J connectivity index is 2.96. The van der Waals surface area contributed by atoms with Crippen LogP contribution < -0.4 is 0 Å². The Morgan fingerprint density at radius 3 is 2.64 bits per heavy atom. The van der Waals surface area contributed by atoms with Gasteiger partial charge in [-0.25, -0.2) is 4.39 Å². The number of allylic oxidation sites excluding steroid dienone is 3. The van der Waals surface area contributed by atoms with E-state index in [9.17, 15) is 9.18 Å². The predicted molar refractivity (Wildman–Crippen MR) is 54.5 cm³/mol. The molecule has 0 aromatic carbocycles. The second kappa shape index (κ2) is 3.73. The first kappa shape index (κ1) is 11.2. The van der Waals surface area contributed by atoms with E-state index in [4.69, 9.17) is 11.6 Å². The molecule has 1 rings (SSSR count). The normalized spacial score (nSPS) is 26.6. The van der Waals surface area contributed by atoms with Gasteiger partial charge in [-0.15, -0.1) is 0 Å². The SMILES string of the molecule is CN(C)C(=O)C1(C)C=C(F)C(Cl)=CC1. The van der Waals surface area contributed by atoms with Crippen molar-refractivity contribution in [3.05, 3.63) is 23.0 Å². The fourth-order valence-electron chi connectivity index (χ4n) is 1.47. The topological polar surface area (TPSA) is 20.3 Å². The summed E-state index contributed by atoms with van der Waals surface area (Å²) < 4.78 is 13.2. The number of nitrogens with zero attached hydrogens (tertiary/aromatic N) is 1. The van der Waals surface area contributed by atoms with Crippen LogP contribution in [0.4, 0.5) is 4.39 Å². The maximum absolute atomic E-state index is 13.2. The maximum Gasteiger partial charge on any atom is 0.232 e. The Morgan fingerprint density at radius 2 is 2.21 bits per heavy atom. The van der Waals surface area contributed by atoms with Gasteiger partial charge in [-0.05, 0) is 19.4 Å². The molecule has 14 heavy (non-hydrogen) atoms. The summed E-state index contributed by atoms with van der Waals surface area (Å²) in [4.78, 5) is 13.2. The van der Waals surface area contributed by atoms with Crippen LogP contribution in [0.15, 0.2) is 23.0 Å². The Bertz CT molecular complexity index is 322. The summed E-state index contributed by atoms with van der Waals surface area (Å²) in [5.74, 6) is -0.635. The van der Waals surface area contributed by atoms with Crippen molar-refractivity contribution in [1.82, 2.24) is 4.90 Å². The molecule has 2 nitrogen and oxygen atoms in total. The highest BCUT2D eigenvalue weighted by Gasteiger charge is 2.34. The molecule has 0 N–H and O–H groups in total. The molecule has 1 unspecified atom stereocenters. The number of rotatable bonds is 1.